The molecule has 4 amide bonds. The van der Waals surface area contributed by atoms with Crippen LogP contribution in [0.25, 0.3) is 0 Å². The van der Waals surface area contributed by atoms with Crippen LogP contribution in [0.5, 0.6) is 0 Å². The Morgan fingerprint density at radius 2 is 2.15 bits per heavy atom. The van der Waals surface area contributed by atoms with E-state index in [1.807, 2.05) is 6.92 Å². The van der Waals surface area contributed by atoms with Gasteiger partial charge in [-0.05, 0) is 37.6 Å². The summed E-state index contributed by atoms with van der Waals surface area (Å²) < 4.78 is 17.2. The van der Waals surface area contributed by atoms with E-state index in [2.05, 4.69) is 15.5 Å². The summed E-state index contributed by atoms with van der Waals surface area (Å²) in [5, 5.41) is 6.77. The normalized spacial score (nSPS) is 19.4. The van der Waals surface area contributed by atoms with Crippen molar-refractivity contribution in [3.8, 4) is 0 Å². The molecule has 2 aromatic rings. The minimum atomic E-state index is -0.715. The van der Waals surface area contributed by atoms with E-state index in [4.69, 9.17) is 25.6 Å². The van der Waals surface area contributed by atoms with Crippen LogP contribution in [0.15, 0.2) is 46.2 Å². The first-order valence-corrected chi connectivity index (χ1v) is 10.7. The van der Waals surface area contributed by atoms with Crippen molar-refractivity contribution in [2.75, 3.05) is 18.7 Å². The van der Waals surface area contributed by atoms with E-state index >= 15 is 0 Å². The third kappa shape index (κ3) is 3.99. The van der Waals surface area contributed by atoms with E-state index in [1.54, 1.807) is 37.3 Å². The third-order valence-corrected chi connectivity index (χ3v) is 5.73. The van der Waals surface area contributed by atoms with Crippen molar-refractivity contribution in [1.82, 2.24) is 15.0 Å². The number of rotatable bonds is 5. The van der Waals surface area contributed by atoms with Crippen LogP contribution in [-0.2, 0) is 25.6 Å². The molecular weight excluding hydrogens is 466 g/mol. The zero-order valence-corrected chi connectivity index (χ0v) is 19.0. The summed E-state index contributed by atoms with van der Waals surface area (Å²) >= 11 is 6.23. The maximum atomic E-state index is 13.4. The van der Waals surface area contributed by atoms with Gasteiger partial charge >= 0.3 is 11.9 Å². The molecular formula is C22H19ClN5O6+. The van der Waals surface area contributed by atoms with E-state index in [0.717, 1.165) is 10.5 Å². The number of amides is 4. The average Bonchev–Trinajstić information content (AvgIpc) is 3.43. The third-order valence-electron chi connectivity index (χ3n) is 5.42. The second-order valence-corrected chi connectivity index (χ2v) is 8.30. The number of urea groups is 1. The Labute approximate surface area is 198 Å². The van der Waals surface area contributed by atoms with Crippen LogP contribution in [0.1, 0.15) is 17.3 Å². The van der Waals surface area contributed by atoms with Crippen molar-refractivity contribution in [3.05, 3.63) is 64.0 Å². The maximum absolute atomic E-state index is 13.4. The number of anilines is 1. The first kappa shape index (κ1) is 22.0. The van der Waals surface area contributed by atoms with Crippen LogP contribution in [0.3, 0.4) is 0 Å². The van der Waals surface area contributed by atoms with E-state index in [-0.39, 0.29) is 37.1 Å². The standard InChI is InChI=1S/C22H18ClN5O6/c1-11-3-4-15(14(23)5-11)25-19(29)8-27-16-7-18-17(32-10-33-18)6-13(16)21(30)28(22(27)31)9-20-24-12(2)26-34-20/h3-7,17H,8-10H2,1-2H3/p+1. The number of aryl methyl sites for hydroxylation is 2. The molecule has 1 aromatic carbocycles. The van der Waals surface area contributed by atoms with Gasteiger partial charge in [-0.2, -0.15) is 14.4 Å². The lowest BCUT2D eigenvalue weighted by molar-refractivity contribution is -0.424. The van der Waals surface area contributed by atoms with Gasteiger partial charge in [0, 0.05) is 6.08 Å². The van der Waals surface area contributed by atoms with Crippen molar-refractivity contribution < 1.29 is 33.0 Å². The van der Waals surface area contributed by atoms with E-state index in [0.29, 0.717) is 22.3 Å². The highest BCUT2D eigenvalue weighted by Gasteiger charge is 2.48. The van der Waals surface area contributed by atoms with E-state index < -0.39 is 23.9 Å². The van der Waals surface area contributed by atoms with Gasteiger partial charge in [0.25, 0.3) is 11.8 Å². The molecule has 11 nitrogen and oxygen atoms in total. The van der Waals surface area contributed by atoms with Gasteiger partial charge in [-0.1, -0.05) is 22.8 Å². The van der Waals surface area contributed by atoms with E-state index in [9.17, 15) is 14.4 Å². The number of nitrogens with one attached hydrogen (secondary N) is 1. The second-order valence-electron chi connectivity index (χ2n) is 7.89. The number of aromatic nitrogens is 2. The van der Waals surface area contributed by atoms with Crippen molar-refractivity contribution in [1.29, 1.82) is 0 Å². The van der Waals surface area contributed by atoms with Gasteiger partial charge in [0.1, 0.15) is 23.1 Å². The first-order valence-electron chi connectivity index (χ1n) is 10.3. The lowest BCUT2D eigenvalue weighted by Gasteiger charge is -2.24. The zero-order chi connectivity index (χ0) is 24.0. The van der Waals surface area contributed by atoms with Crippen LogP contribution in [0.4, 0.5) is 10.5 Å². The molecule has 0 saturated carbocycles. The summed E-state index contributed by atoms with van der Waals surface area (Å²) in [5.41, 5.74) is 1.80. The number of ether oxygens (including phenoxy) is 2. The fraction of sp³-hybridized carbons (Fsp3) is 0.273. The number of halogens is 1. The van der Waals surface area contributed by atoms with Gasteiger partial charge in [-0.3, -0.25) is 4.79 Å². The predicted molar refractivity (Wildman–Crippen MR) is 117 cm³/mol. The molecule has 1 saturated heterocycles. The predicted octanol–water partition coefficient (Wildman–Crippen LogP) is 2.09. The lowest BCUT2D eigenvalue weighted by atomic mass is 9.97. The molecule has 1 unspecified atom stereocenters. The highest BCUT2D eigenvalue weighted by Crippen LogP contribution is 2.29. The minimum Gasteiger partial charge on any atom is -0.469 e. The minimum absolute atomic E-state index is 0.0209. The summed E-state index contributed by atoms with van der Waals surface area (Å²) in [7, 11) is 0. The maximum Gasteiger partial charge on any atom is 0.502 e. The molecule has 5 rings (SSSR count). The van der Waals surface area contributed by atoms with E-state index in [1.165, 1.54) is 4.58 Å². The van der Waals surface area contributed by atoms with Crippen LogP contribution >= 0.6 is 11.6 Å². The Hall–Kier alpha value is -3.83. The molecule has 0 spiro atoms. The van der Waals surface area contributed by atoms with Crippen LogP contribution in [0, 0.1) is 13.8 Å². The van der Waals surface area contributed by atoms with Crippen molar-refractivity contribution in [2.45, 2.75) is 26.5 Å². The summed E-state index contributed by atoms with van der Waals surface area (Å²) in [6.45, 7) is 2.90. The summed E-state index contributed by atoms with van der Waals surface area (Å²) in [4.78, 5) is 44.5. The number of allylic oxidation sites excluding steroid dienone is 1. The second kappa shape index (κ2) is 8.50. The number of nitrogens with zero attached hydrogens (tertiary/aromatic N) is 4. The van der Waals surface area contributed by atoms with Gasteiger partial charge in [0.05, 0.1) is 10.7 Å². The molecule has 1 fully saturated rings. The largest absolute Gasteiger partial charge is 0.502 e. The molecule has 0 bridgehead atoms. The van der Waals surface area contributed by atoms with Crippen molar-refractivity contribution in [2.24, 2.45) is 0 Å². The SMILES string of the molecule is Cc1ccc(NC(=O)C[N+]2=C3C=C4OCOC4C=C3C(=O)N(Cc3nc(C)no3)C2=O)c(Cl)c1. The Bertz CT molecular complexity index is 1330. The lowest BCUT2D eigenvalue weighted by Crippen LogP contribution is -2.53. The Balaban J connectivity index is 1.49. The molecule has 12 heteroatoms. The number of carbonyl (C=O) groups is 3. The van der Waals surface area contributed by atoms with Crippen LogP contribution in [-0.4, -0.2) is 62.6 Å². The fourth-order valence-corrected chi connectivity index (χ4v) is 4.10. The zero-order valence-electron chi connectivity index (χ0n) is 18.2. The highest BCUT2D eigenvalue weighted by atomic mass is 35.5. The van der Waals surface area contributed by atoms with Gasteiger partial charge < -0.3 is 19.3 Å². The fourth-order valence-electron chi connectivity index (χ4n) is 3.81. The Morgan fingerprint density at radius 3 is 2.88 bits per heavy atom. The smallest absolute Gasteiger partial charge is 0.469 e. The van der Waals surface area contributed by atoms with Gasteiger partial charge in [-0.25, -0.2) is 4.79 Å². The van der Waals surface area contributed by atoms with Crippen LogP contribution in [0.2, 0.25) is 5.02 Å². The van der Waals surface area contributed by atoms with Gasteiger partial charge in [0.2, 0.25) is 0 Å². The van der Waals surface area contributed by atoms with Crippen molar-refractivity contribution >= 4 is 40.8 Å². The topological polar surface area (TPSA) is 127 Å². The molecule has 1 aliphatic carbocycles. The summed E-state index contributed by atoms with van der Waals surface area (Å²) in [6.07, 6.45) is 2.56. The van der Waals surface area contributed by atoms with Gasteiger partial charge in [0.15, 0.2) is 25.7 Å². The number of hydrogen-bond acceptors (Lipinski definition) is 8. The monoisotopic (exact) mass is 484 g/mol. The Kier molecular flexibility index (Phi) is 5.50. The molecule has 1 atom stereocenters. The molecule has 34 heavy (non-hydrogen) atoms. The number of imide groups is 1. The number of hydrogen-bond donors (Lipinski definition) is 1. The molecule has 3 aliphatic rings. The summed E-state index contributed by atoms with van der Waals surface area (Å²) in [6, 6.07) is 4.48. The Morgan fingerprint density at radius 1 is 1.32 bits per heavy atom. The molecule has 174 valence electrons. The molecule has 0 radical (unpaired) electrons. The number of carbonyl (C=O) groups excluding carboxylic acids is 3. The number of benzene rings is 1. The summed E-state index contributed by atoms with van der Waals surface area (Å²) in [5.74, 6) is -0.164. The molecule has 2 aliphatic heterocycles. The highest BCUT2D eigenvalue weighted by molar-refractivity contribution is 6.34. The van der Waals surface area contributed by atoms with Gasteiger partial charge in [-0.15, -0.1) is 4.90 Å². The molecule has 3 heterocycles. The van der Waals surface area contributed by atoms with Crippen LogP contribution < -0.4 is 5.32 Å². The molecule has 1 N–H and O–H groups in total. The van der Waals surface area contributed by atoms with Crippen molar-refractivity contribution in [3.63, 3.8) is 0 Å². The average molecular weight is 485 g/mol. The quantitative estimate of drug-likeness (QED) is 0.639. The number of fused-ring (bicyclic) bond motifs is 2. The molecule has 1 aromatic heterocycles. The first-order chi connectivity index (χ1) is 16.3.